The Hall–Kier alpha value is -4.57. The van der Waals surface area contributed by atoms with Crippen molar-refractivity contribution in [1.82, 2.24) is 14.8 Å². The quantitative estimate of drug-likeness (QED) is 0.277. The van der Waals surface area contributed by atoms with Crippen molar-refractivity contribution < 1.29 is 23.7 Å². The summed E-state index contributed by atoms with van der Waals surface area (Å²) in [5.74, 6) is 1.94. The van der Waals surface area contributed by atoms with Crippen molar-refractivity contribution in [2.24, 2.45) is 0 Å². The zero-order valence-electron chi connectivity index (χ0n) is 20.9. The summed E-state index contributed by atoms with van der Waals surface area (Å²) >= 11 is 0. The van der Waals surface area contributed by atoms with Gasteiger partial charge in [-0.25, -0.2) is 9.48 Å². The Morgan fingerprint density at radius 1 is 0.865 bits per heavy atom. The Balaban J connectivity index is 1.53. The number of aromatic nitrogens is 3. The molecule has 0 aliphatic carbocycles. The molecule has 10 heteroatoms. The predicted octanol–water partition coefficient (Wildman–Crippen LogP) is 5.01. The average molecular weight is 504 g/mol. The van der Waals surface area contributed by atoms with Crippen LogP contribution in [0.2, 0.25) is 0 Å². The Bertz CT molecular complexity index is 1320. The van der Waals surface area contributed by atoms with Gasteiger partial charge in [0.25, 0.3) is 0 Å². The van der Waals surface area contributed by atoms with Gasteiger partial charge in [-0.1, -0.05) is 18.2 Å². The molecule has 192 valence electrons. The van der Waals surface area contributed by atoms with Crippen LogP contribution >= 0.6 is 0 Å². The number of benzene rings is 3. The molecule has 1 aromatic heterocycles. The number of amides is 2. The maximum atomic E-state index is 12.5. The first-order chi connectivity index (χ1) is 18.1. The van der Waals surface area contributed by atoms with Crippen molar-refractivity contribution in [3.05, 3.63) is 72.8 Å². The van der Waals surface area contributed by atoms with Crippen LogP contribution in [0.25, 0.3) is 17.1 Å². The smallest absolute Gasteiger partial charge is 0.336 e. The van der Waals surface area contributed by atoms with Crippen molar-refractivity contribution >= 4 is 17.4 Å². The van der Waals surface area contributed by atoms with E-state index in [0.717, 1.165) is 11.3 Å². The Kier molecular flexibility index (Phi) is 8.56. The van der Waals surface area contributed by atoms with Crippen LogP contribution in [0, 0.1) is 0 Å². The Labute approximate surface area is 215 Å². The molecule has 4 rings (SSSR count). The second kappa shape index (κ2) is 12.4. The summed E-state index contributed by atoms with van der Waals surface area (Å²) in [6.45, 7) is 3.31. The van der Waals surface area contributed by atoms with Gasteiger partial charge in [-0.3, -0.25) is 0 Å². The second-order valence-corrected chi connectivity index (χ2v) is 7.77. The van der Waals surface area contributed by atoms with E-state index in [2.05, 4.69) is 20.7 Å². The van der Waals surface area contributed by atoms with E-state index in [-0.39, 0.29) is 12.0 Å². The fraction of sp³-hybridized carbons (Fsp3) is 0.222. The number of hydrogen-bond acceptors (Lipinski definition) is 7. The van der Waals surface area contributed by atoms with Gasteiger partial charge < -0.3 is 29.6 Å². The fourth-order valence-corrected chi connectivity index (χ4v) is 3.50. The largest absolute Gasteiger partial charge is 0.497 e. The zero-order valence-corrected chi connectivity index (χ0v) is 20.9. The molecule has 37 heavy (non-hydrogen) atoms. The molecule has 0 aliphatic rings. The number of rotatable bonds is 11. The summed E-state index contributed by atoms with van der Waals surface area (Å²) in [4.78, 5) is 17.0. The third kappa shape index (κ3) is 6.77. The highest BCUT2D eigenvalue weighted by atomic mass is 16.5. The molecule has 0 radical (unpaired) electrons. The first-order valence-electron chi connectivity index (χ1n) is 11.7. The van der Waals surface area contributed by atoms with E-state index in [1.165, 1.54) is 0 Å². The zero-order chi connectivity index (χ0) is 26.0. The van der Waals surface area contributed by atoms with Crippen LogP contribution in [0.5, 0.6) is 17.5 Å². The predicted molar refractivity (Wildman–Crippen MR) is 141 cm³/mol. The number of carbonyl (C=O) groups is 1. The lowest BCUT2D eigenvalue weighted by Crippen LogP contribution is -2.19. The molecule has 0 aliphatic heterocycles. The number of methoxy groups -OCH3 is 2. The molecule has 1 heterocycles. The molecule has 2 amide bonds. The molecule has 0 bridgehead atoms. The summed E-state index contributed by atoms with van der Waals surface area (Å²) in [6.07, 6.45) is 0. The molecule has 2 N–H and O–H groups in total. The molecule has 0 saturated carbocycles. The number of carbonyl (C=O) groups excluding carboxylic acids is 1. The van der Waals surface area contributed by atoms with Crippen LogP contribution in [-0.2, 0) is 4.74 Å². The molecule has 0 fully saturated rings. The number of nitrogens with one attached hydrogen (secondary N) is 2. The van der Waals surface area contributed by atoms with E-state index in [9.17, 15) is 4.79 Å². The molecule has 4 aromatic rings. The summed E-state index contributed by atoms with van der Waals surface area (Å²) in [7, 11) is 3.19. The molecule has 0 atom stereocenters. The van der Waals surface area contributed by atoms with E-state index in [1.54, 1.807) is 55.3 Å². The first kappa shape index (κ1) is 25.5. The molecule has 0 saturated heterocycles. The number of urea groups is 1. The highest BCUT2D eigenvalue weighted by Gasteiger charge is 2.16. The second-order valence-electron chi connectivity index (χ2n) is 7.77. The lowest BCUT2D eigenvalue weighted by Gasteiger charge is -2.10. The summed E-state index contributed by atoms with van der Waals surface area (Å²) in [5, 5.41) is 10.2. The van der Waals surface area contributed by atoms with E-state index in [1.807, 2.05) is 43.3 Å². The third-order valence-corrected chi connectivity index (χ3v) is 5.28. The van der Waals surface area contributed by atoms with Gasteiger partial charge in [-0.15, -0.1) is 5.10 Å². The molecular weight excluding hydrogens is 474 g/mol. The van der Waals surface area contributed by atoms with E-state index in [4.69, 9.17) is 18.9 Å². The van der Waals surface area contributed by atoms with Crippen molar-refractivity contribution in [2.75, 3.05) is 44.7 Å². The highest BCUT2D eigenvalue weighted by Crippen LogP contribution is 2.27. The van der Waals surface area contributed by atoms with Crippen molar-refractivity contribution in [3.8, 4) is 34.6 Å². The molecular formula is C27H29N5O5. The number of ether oxygens (including phenoxy) is 4. The standard InChI is InChI=1S/C27H29N5O5/c1-4-36-15-16-37-27-30-25(19-7-5-9-23(17-19)34-2)32(31-27)22-13-11-20(12-14-22)28-26(33)29-21-8-6-10-24(18-21)35-3/h5-14,17-18H,4,15-16H2,1-3H3,(H2,28,29,33). The van der Waals surface area contributed by atoms with Crippen LogP contribution in [0.15, 0.2) is 72.8 Å². The van der Waals surface area contributed by atoms with Crippen LogP contribution in [0.1, 0.15) is 6.92 Å². The van der Waals surface area contributed by atoms with Crippen LogP contribution in [0.4, 0.5) is 16.2 Å². The van der Waals surface area contributed by atoms with Crippen molar-refractivity contribution in [2.45, 2.75) is 6.92 Å². The molecule has 0 unspecified atom stereocenters. The number of hydrogen-bond donors (Lipinski definition) is 2. The van der Waals surface area contributed by atoms with Crippen molar-refractivity contribution in [3.63, 3.8) is 0 Å². The molecule has 0 spiro atoms. The van der Waals surface area contributed by atoms with Crippen LogP contribution < -0.4 is 24.8 Å². The number of anilines is 2. The van der Waals surface area contributed by atoms with Crippen LogP contribution in [-0.4, -0.2) is 54.8 Å². The van der Waals surface area contributed by atoms with Gasteiger partial charge in [-0.05, 0) is 55.5 Å². The van der Waals surface area contributed by atoms with Crippen LogP contribution in [0.3, 0.4) is 0 Å². The Morgan fingerprint density at radius 2 is 1.57 bits per heavy atom. The summed E-state index contributed by atoms with van der Waals surface area (Å²) < 4.78 is 23.3. The van der Waals surface area contributed by atoms with Crippen molar-refractivity contribution in [1.29, 1.82) is 0 Å². The summed E-state index contributed by atoms with van der Waals surface area (Å²) in [5.41, 5.74) is 2.78. The van der Waals surface area contributed by atoms with Gasteiger partial charge in [0.2, 0.25) is 0 Å². The maximum Gasteiger partial charge on any atom is 0.336 e. The van der Waals surface area contributed by atoms with Gasteiger partial charge in [0, 0.05) is 29.6 Å². The normalized spacial score (nSPS) is 10.6. The first-order valence-corrected chi connectivity index (χ1v) is 11.7. The minimum atomic E-state index is -0.371. The summed E-state index contributed by atoms with van der Waals surface area (Å²) in [6, 6.07) is 21.8. The molecule has 3 aromatic carbocycles. The minimum absolute atomic E-state index is 0.234. The maximum absolute atomic E-state index is 12.5. The van der Waals surface area contributed by atoms with Gasteiger partial charge in [0.15, 0.2) is 5.82 Å². The Morgan fingerprint density at radius 3 is 2.30 bits per heavy atom. The fourth-order valence-electron chi connectivity index (χ4n) is 3.50. The average Bonchev–Trinajstić information content (AvgIpc) is 3.36. The van der Waals surface area contributed by atoms with Gasteiger partial charge in [0.1, 0.15) is 18.1 Å². The SMILES string of the molecule is CCOCCOc1nc(-c2cccc(OC)c2)n(-c2ccc(NC(=O)Nc3cccc(OC)c3)cc2)n1. The topological polar surface area (TPSA) is 109 Å². The van der Waals surface area contributed by atoms with E-state index in [0.29, 0.717) is 48.5 Å². The number of nitrogens with zero attached hydrogens (tertiary/aromatic N) is 3. The lowest BCUT2D eigenvalue weighted by molar-refractivity contribution is 0.106. The van der Waals surface area contributed by atoms with Gasteiger partial charge in [-0.2, -0.15) is 4.98 Å². The third-order valence-electron chi connectivity index (χ3n) is 5.28. The van der Waals surface area contributed by atoms with E-state index < -0.39 is 0 Å². The molecule has 10 nitrogen and oxygen atoms in total. The van der Waals surface area contributed by atoms with Gasteiger partial charge >= 0.3 is 12.0 Å². The highest BCUT2D eigenvalue weighted by molar-refractivity contribution is 5.99. The van der Waals surface area contributed by atoms with Gasteiger partial charge in [0.05, 0.1) is 26.5 Å². The minimum Gasteiger partial charge on any atom is -0.497 e. The monoisotopic (exact) mass is 503 g/mol. The van der Waals surface area contributed by atoms with E-state index >= 15 is 0 Å². The lowest BCUT2D eigenvalue weighted by atomic mass is 10.2.